The van der Waals surface area contributed by atoms with Crippen LogP contribution in [-0.2, 0) is 4.79 Å². The Morgan fingerprint density at radius 2 is 1.69 bits per heavy atom. The summed E-state index contributed by atoms with van der Waals surface area (Å²) in [5, 5.41) is 5.55. The molecule has 152 valence electrons. The van der Waals surface area contributed by atoms with Crippen molar-refractivity contribution in [1.82, 2.24) is 10.2 Å². The lowest BCUT2D eigenvalue weighted by molar-refractivity contribution is -0.114. The number of nitrogens with one attached hydrogen (secondary N) is 2. The van der Waals surface area contributed by atoms with Crippen LogP contribution in [0.4, 0.5) is 11.4 Å². The third-order valence-electron chi connectivity index (χ3n) is 4.78. The molecule has 2 N–H and O–H groups in total. The largest absolute Gasteiger partial charge is 0.375 e. The van der Waals surface area contributed by atoms with E-state index in [1.807, 2.05) is 24.3 Å². The van der Waals surface area contributed by atoms with Gasteiger partial charge >= 0.3 is 0 Å². The first-order chi connectivity index (χ1) is 13.8. The molecule has 6 nitrogen and oxygen atoms in total. The van der Waals surface area contributed by atoms with Crippen molar-refractivity contribution in [2.45, 2.75) is 6.42 Å². The molecular weight excluding hydrogens is 432 g/mol. The molecule has 0 radical (unpaired) electrons. The highest BCUT2D eigenvalue weighted by Crippen LogP contribution is 2.27. The average Bonchev–Trinajstić information content (AvgIpc) is 2.67. The van der Waals surface area contributed by atoms with Crippen molar-refractivity contribution in [3.05, 3.63) is 64.3 Å². The molecule has 1 aliphatic heterocycles. The number of anilines is 2. The second-order valence-corrected chi connectivity index (χ2v) is 8.22. The number of nitrogens with zero attached hydrogens (tertiary/aromatic N) is 2. The summed E-state index contributed by atoms with van der Waals surface area (Å²) in [6.45, 7) is 2.04. The van der Waals surface area contributed by atoms with Crippen LogP contribution in [0.15, 0.2) is 53.1 Å². The molecule has 0 spiro atoms. The molecule has 0 aliphatic carbocycles. The van der Waals surface area contributed by atoms with Crippen molar-refractivity contribution >= 4 is 44.7 Å². The van der Waals surface area contributed by atoms with Gasteiger partial charge in [0, 0.05) is 46.8 Å². The van der Waals surface area contributed by atoms with Crippen LogP contribution in [0.5, 0.6) is 0 Å². The van der Waals surface area contributed by atoms with Crippen LogP contribution in [0.2, 0.25) is 0 Å². The van der Waals surface area contributed by atoms with Gasteiger partial charge in [0.2, 0.25) is 0 Å². The Morgan fingerprint density at radius 3 is 2.38 bits per heavy atom. The van der Waals surface area contributed by atoms with Gasteiger partial charge in [-0.3, -0.25) is 14.9 Å². The minimum atomic E-state index is -0.412. The molecule has 0 aromatic heterocycles. The van der Waals surface area contributed by atoms with E-state index in [1.54, 1.807) is 24.4 Å². The molecule has 0 unspecified atom stereocenters. The van der Waals surface area contributed by atoms with Crippen molar-refractivity contribution in [1.29, 1.82) is 0 Å². The number of amides is 2. The quantitative estimate of drug-likeness (QED) is 0.492. The molecule has 1 heterocycles. The summed E-state index contributed by atoms with van der Waals surface area (Å²) in [4.78, 5) is 28.8. The van der Waals surface area contributed by atoms with Crippen LogP contribution in [-0.4, -0.2) is 50.9 Å². The highest BCUT2D eigenvalue weighted by molar-refractivity contribution is 9.10. The lowest BCUT2D eigenvalue weighted by Gasteiger charge is -2.21. The van der Waals surface area contributed by atoms with E-state index in [-0.39, 0.29) is 5.91 Å². The summed E-state index contributed by atoms with van der Waals surface area (Å²) >= 11 is 3.40. The number of halogens is 1. The van der Waals surface area contributed by atoms with Crippen LogP contribution in [0.25, 0.3) is 5.57 Å². The maximum absolute atomic E-state index is 12.3. The average molecular weight is 457 g/mol. The Labute approximate surface area is 179 Å². The SMILES string of the molecule is CN(C)CCCN(C)c1ccc(NC=C2C(=O)NC(=O)c3ccc(Br)cc32)cc1. The van der Waals surface area contributed by atoms with E-state index in [2.05, 4.69) is 57.5 Å². The van der Waals surface area contributed by atoms with Gasteiger partial charge in [-0.05, 0) is 69.5 Å². The van der Waals surface area contributed by atoms with E-state index in [0.717, 1.165) is 35.4 Å². The highest BCUT2D eigenvalue weighted by atomic mass is 79.9. The third kappa shape index (κ3) is 5.25. The fraction of sp³-hybridized carbons (Fsp3) is 0.273. The van der Waals surface area contributed by atoms with Crippen molar-refractivity contribution in [2.24, 2.45) is 0 Å². The summed E-state index contributed by atoms with van der Waals surface area (Å²) in [6.07, 6.45) is 2.74. The Balaban J connectivity index is 1.72. The molecule has 0 saturated carbocycles. The van der Waals surface area contributed by atoms with Crippen molar-refractivity contribution in [2.75, 3.05) is 44.4 Å². The number of benzene rings is 2. The topological polar surface area (TPSA) is 64.7 Å². The Kier molecular flexibility index (Phi) is 6.71. The van der Waals surface area contributed by atoms with E-state index < -0.39 is 5.91 Å². The fourth-order valence-electron chi connectivity index (χ4n) is 3.16. The van der Waals surface area contributed by atoms with Gasteiger partial charge in [0.15, 0.2) is 0 Å². The number of fused-ring (bicyclic) bond motifs is 1. The van der Waals surface area contributed by atoms with Crippen LogP contribution in [0.3, 0.4) is 0 Å². The Bertz CT molecular complexity index is 938. The second kappa shape index (κ2) is 9.24. The normalized spacial score (nSPS) is 14.7. The summed E-state index contributed by atoms with van der Waals surface area (Å²) in [7, 11) is 6.24. The predicted octanol–water partition coefficient (Wildman–Crippen LogP) is 3.56. The molecule has 7 heteroatoms. The van der Waals surface area contributed by atoms with Gasteiger partial charge in [-0.25, -0.2) is 0 Å². The fourth-order valence-corrected chi connectivity index (χ4v) is 3.52. The van der Waals surface area contributed by atoms with Gasteiger partial charge in [-0.2, -0.15) is 0 Å². The van der Waals surface area contributed by atoms with Crippen molar-refractivity contribution in [3.8, 4) is 0 Å². The van der Waals surface area contributed by atoms with Crippen molar-refractivity contribution in [3.63, 3.8) is 0 Å². The summed E-state index contributed by atoms with van der Waals surface area (Å²) in [6, 6.07) is 13.3. The van der Waals surface area contributed by atoms with E-state index in [9.17, 15) is 9.59 Å². The number of imide groups is 1. The molecule has 1 aliphatic rings. The minimum Gasteiger partial charge on any atom is -0.375 e. The van der Waals surface area contributed by atoms with Gasteiger partial charge in [0.1, 0.15) is 0 Å². The molecule has 3 rings (SSSR count). The van der Waals surface area contributed by atoms with Crippen LogP contribution >= 0.6 is 15.9 Å². The molecule has 0 bridgehead atoms. The molecule has 2 aromatic carbocycles. The number of carbonyl (C=O) groups is 2. The van der Waals surface area contributed by atoms with E-state index in [0.29, 0.717) is 16.7 Å². The highest BCUT2D eigenvalue weighted by Gasteiger charge is 2.27. The first-order valence-corrected chi connectivity index (χ1v) is 10.2. The van der Waals surface area contributed by atoms with Crippen LogP contribution < -0.4 is 15.5 Å². The lowest BCUT2D eigenvalue weighted by Crippen LogP contribution is -2.36. The zero-order valence-electron chi connectivity index (χ0n) is 16.8. The number of carbonyl (C=O) groups excluding carboxylic acids is 2. The number of rotatable bonds is 7. The first-order valence-electron chi connectivity index (χ1n) is 9.43. The second-order valence-electron chi connectivity index (χ2n) is 7.30. The van der Waals surface area contributed by atoms with Gasteiger partial charge < -0.3 is 15.1 Å². The van der Waals surface area contributed by atoms with E-state index in [4.69, 9.17) is 0 Å². The van der Waals surface area contributed by atoms with Gasteiger partial charge in [0.25, 0.3) is 11.8 Å². The van der Waals surface area contributed by atoms with Gasteiger partial charge in [0.05, 0.1) is 5.57 Å². The van der Waals surface area contributed by atoms with Gasteiger partial charge in [-0.15, -0.1) is 0 Å². The maximum Gasteiger partial charge on any atom is 0.260 e. The molecule has 0 fully saturated rings. The third-order valence-corrected chi connectivity index (χ3v) is 5.27. The molecule has 2 aromatic rings. The van der Waals surface area contributed by atoms with E-state index in [1.165, 1.54) is 0 Å². The molecule has 2 amide bonds. The van der Waals surface area contributed by atoms with Crippen LogP contribution in [0.1, 0.15) is 22.3 Å². The maximum atomic E-state index is 12.3. The molecular formula is C22H25BrN4O2. The van der Waals surface area contributed by atoms with E-state index >= 15 is 0 Å². The molecule has 0 atom stereocenters. The Hall–Kier alpha value is -2.64. The zero-order valence-corrected chi connectivity index (χ0v) is 18.4. The lowest BCUT2D eigenvalue weighted by atomic mass is 9.95. The van der Waals surface area contributed by atoms with Crippen molar-refractivity contribution < 1.29 is 9.59 Å². The summed E-state index contributed by atoms with van der Waals surface area (Å²) < 4.78 is 0.811. The monoisotopic (exact) mass is 456 g/mol. The summed E-state index contributed by atoms with van der Waals surface area (Å²) in [5.41, 5.74) is 3.51. The first kappa shape index (κ1) is 21.1. The molecule has 29 heavy (non-hydrogen) atoms. The smallest absolute Gasteiger partial charge is 0.260 e. The predicted molar refractivity (Wildman–Crippen MR) is 121 cm³/mol. The molecule has 0 saturated heterocycles. The minimum absolute atomic E-state index is 0.378. The number of hydrogen-bond acceptors (Lipinski definition) is 5. The number of hydrogen-bond donors (Lipinski definition) is 2. The van der Waals surface area contributed by atoms with Gasteiger partial charge in [-0.1, -0.05) is 15.9 Å². The zero-order chi connectivity index (χ0) is 21.0. The Morgan fingerprint density at radius 1 is 0.966 bits per heavy atom. The standard InChI is InChI=1S/C22H25BrN4O2/c1-26(2)11-4-12-27(3)17-8-6-16(7-9-17)24-14-20-19-13-15(23)5-10-18(19)21(28)25-22(20)29/h5-10,13-14,24H,4,11-12H2,1-3H3,(H,25,28,29). The van der Waals surface area contributed by atoms with Crippen LogP contribution in [0, 0.1) is 0 Å². The summed E-state index contributed by atoms with van der Waals surface area (Å²) in [5.74, 6) is -0.790.